The molecule has 10 nitrogen and oxygen atoms in total. The molecule has 0 heterocycles. The average molecular weight is 345 g/mol. The van der Waals surface area contributed by atoms with Crippen molar-refractivity contribution in [2.24, 2.45) is 5.92 Å². The molecule has 0 aliphatic heterocycles. The Morgan fingerprint density at radius 1 is 0.833 bits per heavy atom. The van der Waals surface area contributed by atoms with Gasteiger partial charge in [-0.25, -0.2) is 4.79 Å². The van der Waals surface area contributed by atoms with Crippen molar-refractivity contribution in [2.75, 3.05) is 13.1 Å². The van der Waals surface area contributed by atoms with Crippen molar-refractivity contribution in [1.82, 2.24) is 16.0 Å². The van der Waals surface area contributed by atoms with Gasteiger partial charge in [0.15, 0.2) is 0 Å². The number of rotatable bonds is 11. The molecule has 0 spiro atoms. The average Bonchev–Trinajstić information content (AvgIpc) is 2.47. The minimum absolute atomic E-state index is 0.0713. The van der Waals surface area contributed by atoms with Gasteiger partial charge in [-0.2, -0.15) is 0 Å². The predicted octanol–water partition coefficient (Wildman–Crippen LogP) is -1.30. The smallest absolute Gasteiger partial charge is 0.326 e. The number of hydrogen-bond donors (Lipinski definition) is 5. The van der Waals surface area contributed by atoms with E-state index in [9.17, 15) is 24.0 Å². The van der Waals surface area contributed by atoms with Crippen LogP contribution in [0, 0.1) is 5.92 Å². The van der Waals surface area contributed by atoms with Gasteiger partial charge in [0.05, 0.1) is 19.5 Å². The van der Waals surface area contributed by atoms with Crippen molar-refractivity contribution < 1.29 is 34.2 Å². The Labute approximate surface area is 139 Å². The normalized spacial score (nSPS) is 11.5. The summed E-state index contributed by atoms with van der Waals surface area (Å²) in [7, 11) is 0. The summed E-state index contributed by atoms with van der Waals surface area (Å²) >= 11 is 0. The number of amides is 3. The van der Waals surface area contributed by atoms with Crippen LogP contribution in [-0.2, 0) is 24.0 Å². The summed E-state index contributed by atoms with van der Waals surface area (Å²) in [4.78, 5) is 55.6. The minimum Gasteiger partial charge on any atom is -0.481 e. The molecule has 0 aromatic heterocycles. The molecule has 0 aliphatic rings. The molecule has 0 aromatic carbocycles. The molecule has 0 bridgehead atoms. The lowest BCUT2D eigenvalue weighted by Crippen LogP contribution is -2.47. The molecular weight excluding hydrogens is 322 g/mol. The Morgan fingerprint density at radius 3 is 1.88 bits per heavy atom. The third kappa shape index (κ3) is 11.0. The van der Waals surface area contributed by atoms with Gasteiger partial charge in [-0.05, 0) is 12.3 Å². The highest BCUT2D eigenvalue weighted by molar-refractivity contribution is 5.90. The van der Waals surface area contributed by atoms with E-state index in [-0.39, 0.29) is 25.2 Å². The second-order valence-corrected chi connectivity index (χ2v) is 5.54. The zero-order valence-electron chi connectivity index (χ0n) is 13.6. The number of hydrogen-bond acceptors (Lipinski definition) is 5. The zero-order valence-corrected chi connectivity index (χ0v) is 13.6. The summed E-state index contributed by atoms with van der Waals surface area (Å²) in [6, 6.07) is -1.04. The number of carbonyl (C=O) groups is 5. The Kier molecular flexibility index (Phi) is 9.76. The molecule has 0 aromatic rings. The van der Waals surface area contributed by atoms with Crippen LogP contribution >= 0.6 is 0 Å². The zero-order chi connectivity index (χ0) is 18.7. The SMILES string of the molecule is CC(C)C[C@H](NC(=O)CNC(=O)CNC(=O)CCC(=O)O)C(=O)O. The van der Waals surface area contributed by atoms with Crippen LogP contribution in [0.15, 0.2) is 0 Å². The van der Waals surface area contributed by atoms with E-state index in [1.54, 1.807) is 0 Å². The first-order chi connectivity index (χ1) is 11.1. The van der Waals surface area contributed by atoms with Crippen LogP contribution in [0.2, 0.25) is 0 Å². The molecule has 0 radical (unpaired) electrons. The molecule has 0 saturated carbocycles. The first kappa shape index (κ1) is 21.4. The summed E-state index contributed by atoms with van der Waals surface area (Å²) in [6.07, 6.45) is -0.338. The van der Waals surface area contributed by atoms with Crippen LogP contribution in [0.4, 0.5) is 0 Å². The molecular formula is C14H23N3O7. The molecule has 24 heavy (non-hydrogen) atoms. The van der Waals surface area contributed by atoms with E-state index in [4.69, 9.17) is 10.2 Å². The quantitative estimate of drug-likeness (QED) is 0.311. The number of carboxylic acids is 2. The maximum absolute atomic E-state index is 11.6. The predicted molar refractivity (Wildman–Crippen MR) is 81.9 cm³/mol. The highest BCUT2D eigenvalue weighted by atomic mass is 16.4. The number of nitrogens with one attached hydrogen (secondary N) is 3. The monoisotopic (exact) mass is 345 g/mol. The fourth-order valence-electron chi connectivity index (χ4n) is 1.67. The van der Waals surface area contributed by atoms with E-state index < -0.39 is 48.8 Å². The molecule has 0 fully saturated rings. The van der Waals surface area contributed by atoms with Gasteiger partial charge in [-0.1, -0.05) is 13.8 Å². The second-order valence-electron chi connectivity index (χ2n) is 5.54. The summed E-state index contributed by atoms with van der Waals surface area (Å²) in [5.74, 6) is -4.12. The lowest BCUT2D eigenvalue weighted by atomic mass is 10.0. The van der Waals surface area contributed by atoms with E-state index in [1.165, 1.54) is 0 Å². The first-order valence-electron chi connectivity index (χ1n) is 7.39. The number of aliphatic carboxylic acids is 2. The van der Waals surface area contributed by atoms with Gasteiger partial charge in [0.2, 0.25) is 17.7 Å². The number of carboxylic acid groups (broad SMARTS) is 2. The van der Waals surface area contributed by atoms with Gasteiger partial charge in [-0.3, -0.25) is 19.2 Å². The van der Waals surface area contributed by atoms with Crippen molar-refractivity contribution >= 4 is 29.7 Å². The fraction of sp³-hybridized carbons (Fsp3) is 0.643. The van der Waals surface area contributed by atoms with E-state index in [0.717, 1.165) is 0 Å². The van der Waals surface area contributed by atoms with Crippen molar-refractivity contribution in [1.29, 1.82) is 0 Å². The van der Waals surface area contributed by atoms with Crippen LogP contribution in [-0.4, -0.2) is 59.0 Å². The molecule has 0 aliphatic carbocycles. The molecule has 3 amide bonds. The van der Waals surface area contributed by atoms with Gasteiger partial charge in [-0.15, -0.1) is 0 Å². The topological polar surface area (TPSA) is 162 Å². The van der Waals surface area contributed by atoms with Crippen molar-refractivity contribution in [3.63, 3.8) is 0 Å². The third-order valence-electron chi connectivity index (χ3n) is 2.80. The molecule has 0 unspecified atom stereocenters. The molecule has 136 valence electrons. The Hall–Kier alpha value is -2.65. The van der Waals surface area contributed by atoms with Crippen LogP contribution in [0.5, 0.6) is 0 Å². The molecule has 0 saturated heterocycles. The minimum atomic E-state index is -1.16. The summed E-state index contributed by atoms with van der Waals surface area (Å²) < 4.78 is 0. The standard InChI is InChI=1S/C14H23N3O7/c1-8(2)5-9(14(23)24)17-12(20)7-16-11(19)6-15-10(18)3-4-13(21)22/h8-9H,3-7H2,1-2H3,(H,15,18)(H,16,19)(H,17,20)(H,21,22)(H,23,24)/t9-/m0/s1. The van der Waals surface area contributed by atoms with Crippen LogP contribution in [0.3, 0.4) is 0 Å². The highest BCUT2D eigenvalue weighted by Gasteiger charge is 2.21. The van der Waals surface area contributed by atoms with Crippen LogP contribution in [0.1, 0.15) is 33.1 Å². The van der Waals surface area contributed by atoms with Gasteiger partial charge in [0.1, 0.15) is 6.04 Å². The largest absolute Gasteiger partial charge is 0.481 e. The second kappa shape index (κ2) is 11.0. The summed E-state index contributed by atoms with van der Waals surface area (Å²) in [5.41, 5.74) is 0. The first-order valence-corrected chi connectivity index (χ1v) is 7.39. The maximum atomic E-state index is 11.6. The number of carbonyl (C=O) groups excluding carboxylic acids is 3. The van der Waals surface area contributed by atoms with Gasteiger partial charge in [0.25, 0.3) is 0 Å². The van der Waals surface area contributed by atoms with Gasteiger partial charge < -0.3 is 26.2 Å². The van der Waals surface area contributed by atoms with E-state index in [1.807, 2.05) is 13.8 Å². The Morgan fingerprint density at radius 2 is 1.38 bits per heavy atom. The van der Waals surface area contributed by atoms with Crippen molar-refractivity contribution in [2.45, 2.75) is 39.2 Å². The van der Waals surface area contributed by atoms with Gasteiger partial charge in [0, 0.05) is 6.42 Å². The Bertz CT molecular complexity index is 491. The fourth-order valence-corrected chi connectivity index (χ4v) is 1.67. The van der Waals surface area contributed by atoms with Crippen molar-refractivity contribution in [3.8, 4) is 0 Å². The Balaban J connectivity index is 4.08. The van der Waals surface area contributed by atoms with Crippen LogP contribution in [0.25, 0.3) is 0 Å². The maximum Gasteiger partial charge on any atom is 0.326 e. The van der Waals surface area contributed by atoms with Crippen molar-refractivity contribution in [3.05, 3.63) is 0 Å². The molecule has 10 heteroatoms. The van der Waals surface area contributed by atoms with E-state index in [0.29, 0.717) is 0 Å². The summed E-state index contributed by atoms with van der Waals surface area (Å²) in [5, 5.41) is 24.1. The lowest BCUT2D eigenvalue weighted by Gasteiger charge is -2.16. The van der Waals surface area contributed by atoms with E-state index in [2.05, 4.69) is 16.0 Å². The molecule has 1 atom stereocenters. The highest BCUT2D eigenvalue weighted by Crippen LogP contribution is 2.04. The van der Waals surface area contributed by atoms with E-state index >= 15 is 0 Å². The third-order valence-corrected chi connectivity index (χ3v) is 2.80. The molecule has 0 rings (SSSR count). The van der Waals surface area contributed by atoms with Crippen LogP contribution < -0.4 is 16.0 Å². The van der Waals surface area contributed by atoms with Gasteiger partial charge >= 0.3 is 11.9 Å². The molecule has 5 N–H and O–H groups in total. The summed E-state index contributed by atoms with van der Waals surface area (Å²) in [6.45, 7) is 2.81. The lowest BCUT2D eigenvalue weighted by molar-refractivity contribution is -0.142.